The molecular formula is C78H147NO13. The van der Waals surface area contributed by atoms with Gasteiger partial charge in [0, 0.05) is 6.42 Å². The standard InChI is InChI=1S/C78H147NO13/c1-3-5-7-9-11-13-15-17-19-21-23-25-27-29-31-33-35-37-39-41-43-45-47-49-51-53-55-57-59-61-67(82)66(65-89-77-75(88)73(86)76(69(64-81)91-77)92-78-74(87)72(85)71(84)68(63-80)90-78)79-70(83)62-60-58-56-54-52-50-48-46-44-42-40-38-36-34-32-30-28-26-24-22-20-18-16-14-12-10-8-6-4-2/h22,24,51,53,59,61,66-69,71-78,80-82,84-88H,3-21,23,25-50,52,54-58,60,62-65H2,1-2H3,(H,79,83)/b24-22-,53-51+,61-59+. The van der Waals surface area contributed by atoms with Crippen molar-refractivity contribution in [3.8, 4) is 0 Å². The molecule has 14 heteroatoms. The van der Waals surface area contributed by atoms with Crippen molar-refractivity contribution in [3.63, 3.8) is 0 Å². The molecule has 92 heavy (non-hydrogen) atoms. The normalized spacial score (nSPS) is 22.8. The van der Waals surface area contributed by atoms with E-state index in [2.05, 4.69) is 43.5 Å². The van der Waals surface area contributed by atoms with Crippen molar-refractivity contribution in [2.75, 3.05) is 19.8 Å². The van der Waals surface area contributed by atoms with Gasteiger partial charge in [0.05, 0.1) is 32.0 Å². The number of aliphatic hydroxyl groups is 8. The fourth-order valence-corrected chi connectivity index (χ4v) is 13.1. The number of carbonyl (C=O) groups excluding carboxylic acids is 1. The number of rotatable bonds is 66. The zero-order valence-corrected chi connectivity index (χ0v) is 59.3. The van der Waals surface area contributed by atoms with Crippen molar-refractivity contribution in [3.05, 3.63) is 36.5 Å². The Bertz CT molecular complexity index is 1680. The van der Waals surface area contributed by atoms with E-state index in [4.69, 9.17) is 18.9 Å². The molecule has 9 N–H and O–H groups in total. The zero-order chi connectivity index (χ0) is 66.6. The van der Waals surface area contributed by atoms with E-state index >= 15 is 0 Å². The Labute approximate surface area is 563 Å². The van der Waals surface area contributed by atoms with Crippen LogP contribution in [0.5, 0.6) is 0 Å². The predicted molar refractivity (Wildman–Crippen MR) is 378 cm³/mol. The maximum absolute atomic E-state index is 13.4. The van der Waals surface area contributed by atoms with Gasteiger partial charge >= 0.3 is 0 Å². The lowest BCUT2D eigenvalue weighted by atomic mass is 9.97. The van der Waals surface area contributed by atoms with E-state index in [9.17, 15) is 45.6 Å². The molecule has 0 aromatic rings. The highest BCUT2D eigenvalue weighted by Gasteiger charge is 2.51. The fourth-order valence-electron chi connectivity index (χ4n) is 13.1. The van der Waals surface area contributed by atoms with Crippen molar-refractivity contribution in [2.45, 2.75) is 434 Å². The lowest BCUT2D eigenvalue weighted by molar-refractivity contribution is -0.359. The summed E-state index contributed by atoms with van der Waals surface area (Å²) in [6.45, 7) is 2.84. The lowest BCUT2D eigenvalue weighted by Gasteiger charge is -2.46. The first-order valence-corrected chi connectivity index (χ1v) is 39.2. The Morgan fingerprint density at radius 1 is 0.380 bits per heavy atom. The number of nitrogens with one attached hydrogen (secondary N) is 1. The van der Waals surface area contributed by atoms with Gasteiger partial charge < -0.3 is 65.1 Å². The van der Waals surface area contributed by atoms with Crippen LogP contribution in [0.1, 0.15) is 361 Å². The number of unbranched alkanes of at least 4 members (excludes halogenated alkanes) is 49. The molecule has 542 valence electrons. The highest BCUT2D eigenvalue weighted by Crippen LogP contribution is 2.30. The molecule has 0 aromatic carbocycles. The Morgan fingerprint density at radius 3 is 1.07 bits per heavy atom. The third kappa shape index (κ3) is 45.7. The van der Waals surface area contributed by atoms with Crippen LogP contribution in [0.15, 0.2) is 36.5 Å². The second kappa shape index (κ2) is 62.7. The molecule has 12 unspecified atom stereocenters. The van der Waals surface area contributed by atoms with Crippen LogP contribution in [0.25, 0.3) is 0 Å². The van der Waals surface area contributed by atoms with E-state index in [0.717, 1.165) is 32.1 Å². The first kappa shape index (κ1) is 86.3. The molecule has 0 bridgehead atoms. The number of hydrogen-bond acceptors (Lipinski definition) is 13. The molecule has 2 rings (SSSR count). The van der Waals surface area contributed by atoms with Gasteiger partial charge in [0.2, 0.25) is 5.91 Å². The molecule has 0 spiro atoms. The van der Waals surface area contributed by atoms with Crippen LogP contribution in [0, 0.1) is 0 Å². The van der Waals surface area contributed by atoms with Crippen molar-refractivity contribution in [1.29, 1.82) is 0 Å². The maximum atomic E-state index is 13.4. The van der Waals surface area contributed by atoms with E-state index in [1.54, 1.807) is 6.08 Å². The molecular weight excluding hydrogens is 1160 g/mol. The topological polar surface area (TPSA) is 228 Å². The Balaban J connectivity index is 1.64. The Morgan fingerprint density at radius 2 is 0.696 bits per heavy atom. The maximum Gasteiger partial charge on any atom is 0.220 e. The number of amides is 1. The summed E-state index contributed by atoms with van der Waals surface area (Å²) in [7, 11) is 0. The van der Waals surface area contributed by atoms with Crippen molar-refractivity contribution < 1.29 is 64.6 Å². The van der Waals surface area contributed by atoms with Crippen LogP contribution in [-0.4, -0.2) is 140 Å². The SMILES string of the molecule is CCCCCCCCCC/C=C\CCCCCCCCCCCCCCCCCCCC(=O)NC(COC1OC(CO)C(OC2OC(CO)C(O)C(O)C2O)C(O)C1O)C(O)/C=C/CC/C=C/CCCCCCCCCCCCCCCCCCCCCCCCC. The van der Waals surface area contributed by atoms with E-state index in [-0.39, 0.29) is 18.9 Å². The van der Waals surface area contributed by atoms with Crippen LogP contribution in [0.4, 0.5) is 0 Å². The summed E-state index contributed by atoms with van der Waals surface area (Å²) in [5.41, 5.74) is 0. The molecule has 1 amide bonds. The van der Waals surface area contributed by atoms with Crippen LogP contribution in [0.2, 0.25) is 0 Å². The summed E-state index contributed by atoms with van der Waals surface area (Å²) in [6.07, 6.45) is 65.1. The number of allylic oxidation sites excluding steroid dienone is 5. The minimum Gasteiger partial charge on any atom is -0.394 e. The molecule has 2 aliphatic heterocycles. The third-order valence-electron chi connectivity index (χ3n) is 19.3. The number of ether oxygens (including phenoxy) is 4. The second-order valence-corrected chi connectivity index (χ2v) is 27.8. The minimum absolute atomic E-state index is 0.242. The average Bonchev–Trinajstić information content (AvgIpc) is 0.836. The van der Waals surface area contributed by atoms with Crippen LogP contribution in [0.3, 0.4) is 0 Å². The van der Waals surface area contributed by atoms with Crippen LogP contribution < -0.4 is 5.32 Å². The largest absolute Gasteiger partial charge is 0.394 e. The summed E-state index contributed by atoms with van der Waals surface area (Å²) in [4.78, 5) is 13.4. The van der Waals surface area contributed by atoms with Crippen LogP contribution in [-0.2, 0) is 23.7 Å². The van der Waals surface area contributed by atoms with Crippen LogP contribution >= 0.6 is 0 Å². The summed E-state index contributed by atoms with van der Waals surface area (Å²) < 4.78 is 22.9. The predicted octanol–water partition coefficient (Wildman–Crippen LogP) is 17.2. The first-order valence-electron chi connectivity index (χ1n) is 39.2. The van der Waals surface area contributed by atoms with Gasteiger partial charge in [-0.3, -0.25) is 4.79 Å². The van der Waals surface area contributed by atoms with Crippen molar-refractivity contribution in [1.82, 2.24) is 5.32 Å². The number of carbonyl (C=O) groups is 1. The highest BCUT2D eigenvalue weighted by molar-refractivity contribution is 5.76. The summed E-state index contributed by atoms with van der Waals surface area (Å²) in [5, 5.41) is 87.6. The summed E-state index contributed by atoms with van der Waals surface area (Å²) in [5.74, 6) is -0.242. The zero-order valence-electron chi connectivity index (χ0n) is 59.3. The quantitative estimate of drug-likeness (QED) is 0.0204. The van der Waals surface area contributed by atoms with Gasteiger partial charge in [-0.2, -0.15) is 0 Å². The molecule has 14 nitrogen and oxygen atoms in total. The minimum atomic E-state index is -1.79. The molecule has 2 fully saturated rings. The van der Waals surface area contributed by atoms with E-state index in [1.165, 1.54) is 295 Å². The third-order valence-corrected chi connectivity index (χ3v) is 19.3. The Kier molecular flexibility index (Phi) is 58.8. The van der Waals surface area contributed by atoms with Gasteiger partial charge in [-0.25, -0.2) is 0 Å². The molecule has 0 aromatic heterocycles. The molecule has 2 heterocycles. The van der Waals surface area contributed by atoms with Gasteiger partial charge in [-0.15, -0.1) is 0 Å². The van der Waals surface area contributed by atoms with Gasteiger partial charge in [-0.05, 0) is 57.8 Å². The molecule has 0 saturated carbocycles. The van der Waals surface area contributed by atoms with Crippen molar-refractivity contribution in [2.24, 2.45) is 0 Å². The van der Waals surface area contributed by atoms with Crippen molar-refractivity contribution >= 4 is 5.91 Å². The van der Waals surface area contributed by atoms with E-state index in [0.29, 0.717) is 12.8 Å². The fraction of sp³-hybridized carbons (Fsp3) is 0.910. The molecule has 0 aliphatic carbocycles. The second-order valence-electron chi connectivity index (χ2n) is 27.8. The highest BCUT2D eigenvalue weighted by atomic mass is 16.7. The first-order chi connectivity index (χ1) is 45.1. The van der Waals surface area contributed by atoms with Gasteiger partial charge in [0.25, 0.3) is 0 Å². The number of hydrogen-bond donors (Lipinski definition) is 9. The van der Waals surface area contributed by atoms with Gasteiger partial charge in [0.1, 0.15) is 48.8 Å². The van der Waals surface area contributed by atoms with E-state index in [1.807, 2.05) is 6.08 Å². The summed E-state index contributed by atoms with van der Waals surface area (Å²) in [6, 6.07) is -0.932. The molecule has 2 saturated heterocycles. The lowest BCUT2D eigenvalue weighted by Crippen LogP contribution is -2.65. The number of aliphatic hydroxyl groups excluding tert-OH is 8. The smallest absolute Gasteiger partial charge is 0.220 e. The monoisotopic (exact) mass is 1310 g/mol. The van der Waals surface area contributed by atoms with Gasteiger partial charge in [-0.1, -0.05) is 333 Å². The average molecular weight is 1310 g/mol. The summed E-state index contributed by atoms with van der Waals surface area (Å²) >= 11 is 0. The molecule has 0 radical (unpaired) electrons. The van der Waals surface area contributed by atoms with E-state index < -0.39 is 86.8 Å². The van der Waals surface area contributed by atoms with Gasteiger partial charge in [0.15, 0.2) is 12.6 Å². The molecule has 2 aliphatic rings. The Hall–Kier alpha value is -1.79. The molecule has 12 atom stereocenters.